The molecule has 1 N–H and O–H groups in total. The predicted octanol–water partition coefficient (Wildman–Crippen LogP) is 3.33. The Morgan fingerprint density at radius 2 is 2.00 bits per heavy atom. The lowest BCUT2D eigenvalue weighted by atomic mass is 9.87. The third-order valence-electron chi connectivity index (χ3n) is 4.71. The first kappa shape index (κ1) is 19.1. The van der Waals surface area contributed by atoms with Crippen LogP contribution in [0.5, 0.6) is 0 Å². The first-order valence-corrected chi connectivity index (χ1v) is 8.92. The second-order valence-corrected chi connectivity index (χ2v) is 7.21. The molecule has 1 unspecified atom stereocenters. The van der Waals surface area contributed by atoms with Gasteiger partial charge in [0.15, 0.2) is 0 Å². The molecule has 0 spiro atoms. The molecule has 1 aliphatic rings. The topological polar surface area (TPSA) is 38.0 Å². The van der Waals surface area contributed by atoms with Crippen molar-refractivity contribution in [2.24, 2.45) is 0 Å². The van der Waals surface area contributed by atoms with E-state index < -0.39 is 0 Å². The number of nitrogens with zero attached hydrogens (tertiary/aromatic N) is 2. The number of benzene rings is 1. The number of imidazole rings is 1. The summed E-state index contributed by atoms with van der Waals surface area (Å²) >= 11 is 6.01. The smallest absolute Gasteiger partial charge is 0.112 e. The molecule has 1 heterocycles. The lowest BCUT2D eigenvalue weighted by Crippen LogP contribution is -2.17. The highest BCUT2D eigenvalue weighted by molar-refractivity contribution is 6.30. The van der Waals surface area contributed by atoms with Crippen LogP contribution in [0.2, 0.25) is 5.02 Å². The van der Waals surface area contributed by atoms with Crippen molar-refractivity contribution in [3.05, 3.63) is 52.1 Å². The summed E-state index contributed by atoms with van der Waals surface area (Å²) in [5.74, 6) is 1.98. The third-order valence-corrected chi connectivity index (χ3v) is 4.97. The average Bonchev–Trinajstić information content (AvgIpc) is 2.90. The van der Waals surface area contributed by atoms with Gasteiger partial charge in [0, 0.05) is 35.7 Å². The molecule has 0 radical (unpaired) electrons. The number of aliphatic hydroxyl groups excluding tert-OH is 1. The predicted molar refractivity (Wildman–Crippen MR) is 104 cm³/mol. The fourth-order valence-corrected chi connectivity index (χ4v) is 3.77. The number of aryl methyl sites for hydroxylation is 1. The van der Waals surface area contributed by atoms with Gasteiger partial charge >= 0.3 is 0 Å². The van der Waals surface area contributed by atoms with Gasteiger partial charge in [-0.15, -0.1) is 0 Å². The molecule has 1 atom stereocenters. The summed E-state index contributed by atoms with van der Waals surface area (Å²) in [4.78, 5) is 4.95. The second-order valence-electron chi connectivity index (χ2n) is 6.77. The highest BCUT2D eigenvalue weighted by Crippen LogP contribution is 2.36. The quantitative estimate of drug-likeness (QED) is 0.843. The Kier molecular flexibility index (Phi) is 6.53. The van der Waals surface area contributed by atoms with Crippen LogP contribution in [0.15, 0.2) is 24.3 Å². The molecule has 5 heteroatoms. The van der Waals surface area contributed by atoms with Gasteiger partial charge in [-0.05, 0) is 43.4 Å². The van der Waals surface area contributed by atoms with Gasteiger partial charge in [0.1, 0.15) is 5.82 Å². The summed E-state index contributed by atoms with van der Waals surface area (Å²) in [6.07, 6.45) is 4.21. The Morgan fingerprint density at radius 1 is 1.29 bits per heavy atom. The number of halogens is 1. The van der Waals surface area contributed by atoms with Gasteiger partial charge in [0.25, 0.3) is 0 Å². The molecule has 1 aliphatic carbocycles. The minimum atomic E-state index is 0. The average molecular weight is 347 g/mol. The van der Waals surface area contributed by atoms with Crippen molar-refractivity contribution in [3.63, 3.8) is 0 Å². The Labute approximate surface area is 151 Å². The summed E-state index contributed by atoms with van der Waals surface area (Å²) in [6, 6.07) is 8.06. The van der Waals surface area contributed by atoms with Crippen LogP contribution in [0.25, 0.3) is 0 Å². The number of hydrogen-bond acceptors (Lipinski definition) is 2. The van der Waals surface area contributed by atoms with Crippen LogP contribution in [-0.2, 0) is 13.0 Å². The maximum absolute atomic E-state index is 9.43. The SMILES string of the molecule is B.CC(C)c1nc2c(n1Cc1ccc(Cl)cc1)C(CCO)CCC2. The molecule has 0 bridgehead atoms. The van der Waals surface area contributed by atoms with Crippen LogP contribution in [0, 0.1) is 0 Å². The maximum atomic E-state index is 9.43. The van der Waals surface area contributed by atoms with Crippen LogP contribution < -0.4 is 0 Å². The van der Waals surface area contributed by atoms with Crippen LogP contribution in [0.3, 0.4) is 0 Å². The molecule has 2 aromatic rings. The number of aromatic nitrogens is 2. The number of rotatable bonds is 5. The van der Waals surface area contributed by atoms with E-state index in [1.807, 2.05) is 12.1 Å². The molecule has 1 aromatic heterocycles. The molecule has 0 saturated heterocycles. The number of hydrogen-bond donors (Lipinski definition) is 1. The van der Waals surface area contributed by atoms with E-state index in [-0.39, 0.29) is 15.0 Å². The zero-order valence-electron chi connectivity index (χ0n) is 13.9. The summed E-state index contributed by atoms with van der Waals surface area (Å²) in [5.41, 5.74) is 3.83. The van der Waals surface area contributed by atoms with E-state index in [9.17, 15) is 5.11 Å². The summed E-state index contributed by atoms with van der Waals surface area (Å²) in [7, 11) is 0. The molecular weight excluding hydrogens is 318 g/mol. The standard InChI is InChI=1S/C19H25ClN2O.BH3/c1-13(2)19-21-17-5-3-4-15(10-11-23)18(17)22(19)12-14-6-8-16(20)9-7-14;/h6-9,13,15,23H,3-5,10-12H2,1-2H3;1H3. The number of aliphatic hydroxyl groups is 1. The second kappa shape index (κ2) is 8.22. The fraction of sp³-hybridized carbons (Fsp3) is 0.526. The molecule has 0 saturated carbocycles. The van der Waals surface area contributed by atoms with Gasteiger partial charge in [-0.3, -0.25) is 0 Å². The monoisotopic (exact) mass is 346 g/mol. The van der Waals surface area contributed by atoms with Crippen molar-refractivity contribution in [1.29, 1.82) is 0 Å². The van der Waals surface area contributed by atoms with E-state index in [0.717, 1.165) is 36.7 Å². The van der Waals surface area contributed by atoms with Crippen molar-refractivity contribution >= 4 is 20.0 Å². The highest BCUT2D eigenvalue weighted by atomic mass is 35.5. The lowest BCUT2D eigenvalue weighted by Gasteiger charge is -2.24. The van der Waals surface area contributed by atoms with Crippen LogP contribution in [-0.4, -0.2) is 29.7 Å². The molecular formula is C19H28BClN2O. The lowest BCUT2D eigenvalue weighted by molar-refractivity contribution is 0.266. The Morgan fingerprint density at radius 3 is 2.62 bits per heavy atom. The summed E-state index contributed by atoms with van der Waals surface area (Å²) in [6.45, 7) is 5.47. The molecule has 1 aromatic carbocycles. The van der Waals surface area contributed by atoms with E-state index in [1.165, 1.54) is 23.4 Å². The molecule has 3 rings (SSSR count). The van der Waals surface area contributed by atoms with Crippen LogP contribution in [0.1, 0.15) is 67.7 Å². The molecule has 24 heavy (non-hydrogen) atoms. The molecule has 0 amide bonds. The van der Waals surface area contributed by atoms with Crippen molar-refractivity contribution in [1.82, 2.24) is 9.55 Å². The van der Waals surface area contributed by atoms with Gasteiger partial charge in [0.05, 0.1) is 14.1 Å². The van der Waals surface area contributed by atoms with Gasteiger partial charge < -0.3 is 9.67 Å². The van der Waals surface area contributed by atoms with E-state index in [1.54, 1.807) is 0 Å². The van der Waals surface area contributed by atoms with E-state index >= 15 is 0 Å². The Bertz CT molecular complexity index is 667. The molecule has 130 valence electrons. The zero-order chi connectivity index (χ0) is 16.4. The van der Waals surface area contributed by atoms with E-state index in [4.69, 9.17) is 16.6 Å². The van der Waals surface area contributed by atoms with Gasteiger partial charge in [-0.1, -0.05) is 37.6 Å². The first-order valence-electron chi connectivity index (χ1n) is 8.54. The summed E-state index contributed by atoms with van der Waals surface area (Å²) in [5, 5.41) is 10.2. The van der Waals surface area contributed by atoms with Crippen molar-refractivity contribution in [3.8, 4) is 0 Å². The van der Waals surface area contributed by atoms with Crippen LogP contribution >= 0.6 is 11.6 Å². The van der Waals surface area contributed by atoms with Gasteiger partial charge in [-0.2, -0.15) is 0 Å². The molecule has 0 aliphatic heterocycles. The number of fused-ring (bicyclic) bond motifs is 1. The van der Waals surface area contributed by atoms with Gasteiger partial charge in [-0.25, -0.2) is 4.98 Å². The normalized spacial score (nSPS) is 16.8. The zero-order valence-corrected chi connectivity index (χ0v) is 14.7. The Balaban J connectivity index is 0.00000208. The Hall–Kier alpha value is -1.26. The van der Waals surface area contributed by atoms with E-state index in [2.05, 4.69) is 30.5 Å². The summed E-state index contributed by atoms with van der Waals surface area (Å²) < 4.78 is 2.39. The highest BCUT2D eigenvalue weighted by Gasteiger charge is 2.28. The van der Waals surface area contributed by atoms with Gasteiger partial charge in [0.2, 0.25) is 0 Å². The largest absolute Gasteiger partial charge is 0.396 e. The minimum absolute atomic E-state index is 0. The maximum Gasteiger partial charge on any atom is 0.112 e. The van der Waals surface area contributed by atoms with Crippen molar-refractivity contribution in [2.75, 3.05) is 6.61 Å². The molecule has 3 nitrogen and oxygen atoms in total. The third kappa shape index (κ3) is 3.86. The minimum Gasteiger partial charge on any atom is -0.396 e. The van der Waals surface area contributed by atoms with Crippen molar-refractivity contribution < 1.29 is 5.11 Å². The van der Waals surface area contributed by atoms with E-state index in [0.29, 0.717) is 11.8 Å². The molecule has 0 fully saturated rings. The van der Waals surface area contributed by atoms with Crippen LogP contribution in [0.4, 0.5) is 0 Å². The van der Waals surface area contributed by atoms with Crippen molar-refractivity contribution in [2.45, 2.75) is 57.9 Å². The fourth-order valence-electron chi connectivity index (χ4n) is 3.64. The first-order chi connectivity index (χ1) is 11.1.